The van der Waals surface area contributed by atoms with Crippen molar-refractivity contribution in [3.63, 3.8) is 0 Å². The van der Waals surface area contributed by atoms with E-state index in [1.807, 2.05) is 7.05 Å². The number of hydrogen-bond donors (Lipinski definition) is 1. The van der Waals surface area contributed by atoms with Crippen LogP contribution in [0.1, 0.15) is 43.4 Å². The first-order valence-corrected chi connectivity index (χ1v) is 6.51. The molecule has 2 heteroatoms. The summed E-state index contributed by atoms with van der Waals surface area (Å²) in [6.45, 7) is 5.50. The molecule has 0 radical (unpaired) electrons. The van der Waals surface area contributed by atoms with Gasteiger partial charge < -0.3 is 10.2 Å². The molecule has 0 aliphatic carbocycles. The maximum Gasteiger partial charge on any atom is 0.0466 e. The lowest BCUT2D eigenvalue weighted by Gasteiger charge is -2.25. The summed E-state index contributed by atoms with van der Waals surface area (Å²) in [7, 11) is 6.26. The van der Waals surface area contributed by atoms with Crippen LogP contribution in [0.4, 0.5) is 0 Å². The molecule has 1 rings (SSSR count). The zero-order valence-corrected chi connectivity index (χ0v) is 11.8. The standard InChI is InChI=1S/C15H26N2/c1-6-12(2)13-7-9-14(10-8-13)15(11-16-3)17(4)5/h7-10,12,15-16H,6,11H2,1-5H3. The van der Waals surface area contributed by atoms with Crippen molar-refractivity contribution < 1.29 is 0 Å². The lowest BCUT2D eigenvalue weighted by atomic mass is 9.96. The number of rotatable bonds is 6. The highest BCUT2D eigenvalue weighted by molar-refractivity contribution is 5.27. The van der Waals surface area contributed by atoms with Crippen LogP contribution in [0.15, 0.2) is 24.3 Å². The summed E-state index contributed by atoms with van der Waals surface area (Å²) in [5, 5.41) is 3.25. The molecule has 0 aliphatic heterocycles. The van der Waals surface area contributed by atoms with E-state index in [1.165, 1.54) is 17.5 Å². The lowest BCUT2D eigenvalue weighted by Crippen LogP contribution is -2.29. The molecule has 0 heterocycles. The minimum absolute atomic E-state index is 0.450. The third kappa shape index (κ3) is 3.83. The molecule has 0 amide bonds. The van der Waals surface area contributed by atoms with Gasteiger partial charge in [0.2, 0.25) is 0 Å². The van der Waals surface area contributed by atoms with Crippen molar-refractivity contribution in [1.29, 1.82) is 0 Å². The predicted molar refractivity (Wildman–Crippen MR) is 75.5 cm³/mol. The van der Waals surface area contributed by atoms with Crippen molar-refractivity contribution in [3.8, 4) is 0 Å². The molecule has 2 atom stereocenters. The van der Waals surface area contributed by atoms with Gasteiger partial charge in [-0.1, -0.05) is 38.1 Å². The number of nitrogens with zero attached hydrogens (tertiary/aromatic N) is 1. The Kier molecular flexibility index (Phi) is 5.66. The van der Waals surface area contributed by atoms with Gasteiger partial charge in [-0.25, -0.2) is 0 Å². The zero-order valence-electron chi connectivity index (χ0n) is 11.8. The fourth-order valence-electron chi connectivity index (χ4n) is 2.07. The number of hydrogen-bond acceptors (Lipinski definition) is 2. The Morgan fingerprint density at radius 2 is 1.65 bits per heavy atom. The Bertz CT molecular complexity index is 316. The van der Waals surface area contributed by atoms with Crippen LogP contribution in [0, 0.1) is 0 Å². The molecule has 1 aromatic carbocycles. The van der Waals surface area contributed by atoms with Crippen molar-refractivity contribution in [2.45, 2.75) is 32.2 Å². The van der Waals surface area contributed by atoms with Gasteiger partial charge in [-0.15, -0.1) is 0 Å². The van der Waals surface area contributed by atoms with Gasteiger partial charge in [-0.3, -0.25) is 0 Å². The van der Waals surface area contributed by atoms with Crippen LogP contribution in [0.2, 0.25) is 0 Å². The molecule has 0 bridgehead atoms. The third-order valence-electron chi connectivity index (χ3n) is 3.52. The van der Waals surface area contributed by atoms with Gasteiger partial charge in [-0.2, -0.15) is 0 Å². The minimum Gasteiger partial charge on any atom is -0.318 e. The smallest absolute Gasteiger partial charge is 0.0466 e. The Hall–Kier alpha value is -0.860. The molecular formula is C15H26N2. The van der Waals surface area contributed by atoms with Gasteiger partial charge in [0.15, 0.2) is 0 Å². The summed E-state index contributed by atoms with van der Waals surface area (Å²) in [5.74, 6) is 0.658. The second-order valence-corrected chi connectivity index (χ2v) is 5.01. The van der Waals surface area contributed by atoms with E-state index in [4.69, 9.17) is 0 Å². The molecule has 2 unspecified atom stereocenters. The first-order valence-electron chi connectivity index (χ1n) is 6.51. The van der Waals surface area contributed by atoms with E-state index in [2.05, 4.69) is 62.4 Å². The van der Waals surface area contributed by atoms with Gasteiger partial charge in [0.05, 0.1) is 0 Å². The maximum atomic E-state index is 3.25. The van der Waals surface area contributed by atoms with Gasteiger partial charge in [0.1, 0.15) is 0 Å². The van der Waals surface area contributed by atoms with Crippen LogP contribution >= 0.6 is 0 Å². The molecule has 0 aliphatic rings. The summed E-state index contributed by atoms with van der Waals surface area (Å²) >= 11 is 0. The van der Waals surface area contributed by atoms with Crippen LogP contribution in [0.5, 0.6) is 0 Å². The Morgan fingerprint density at radius 1 is 1.12 bits per heavy atom. The summed E-state index contributed by atoms with van der Waals surface area (Å²) in [6.07, 6.45) is 1.20. The Balaban J connectivity index is 2.84. The second-order valence-electron chi connectivity index (χ2n) is 5.01. The topological polar surface area (TPSA) is 15.3 Å². The summed E-state index contributed by atoms with van der Waals surface area (Å²) in [5.41, 5.74) is 2.83. The van der Waals surface area contributed by atoms with Crippen LogP contribution < -0.4 is 5.32 Å². The first kappa shape index (κ1) is 14.2. The second kappa shape index (κ2) is 6.77. The maximum absolute atomic E-state index is 3.25. The fourth-order valence-corrected chi connectivity index (χ4v) is 2.07. The average molecular weight is 234 g/mol. The van der Waals surface area contributed by atoms with Crippen LogP contribution in [0.3, 0.4) is 0 Å². The van der Waals surface area contributed by atoms with Gasteiger partial charge in [0, 0.05) is 12.6 Å². The lowest BCUT2D eigenvalue weighted by molar-refractivity contribution is 0.294. The van der Waals surface area contributed by atoms with E-state index >= 15 is 0 Å². The van der Waals surface area contributed by atoms with Crippen LogP contribution in [-0.4, -0.2) is 32.6 Å². The zero-order chi connectivity index (χ0) is 12.8. The van der Waals surface area contributed by atoms with Crippen molar-refractivity contribution in [3.05, 3.63) is 35.4 Å². The summed E-state index contributed by atoms with van der Waals surface area (Å²) < 4.78 is 0. The summed E-state index contributed by atoms with van der Waals surface area (Å²) in [6, 6.07) is 9.53. The molecule has 0 fully saturated rings. The molecule has 0 spiro atoms. The number of nitrogens with one attached hydrogen (secondary N) is 1. The number of likely N-dealkylation sites (N-methyl/N-ethyl adjacent to an activating group) is 2. The van der Waals surface area contributed by atoms with Crippen molar-refractivity contribution >= 4 is 0 Å². The van der Waals surface area contributed by atoms with Gasteiger partial charge >= 0.3 is 0 Å². The summed E-state index contributed by atoms with van der Waals surface area (Å²) in [4.78, 5) is 2.26. The molecular weight excluding hydrogens is 208 g/mol. The SMILES string of the molecule is CCC(C)c1ccc(C(CNC)N(C)C)cc1. The van der Waals surface area contributed by atoms with Gasteiger partial charge in [0.25, 0.3) is 0 Å². The average Bonchev–Trinajstić information content (AvgIpc) is 2.35. The molecule has 0 saturated carbocycles. The van der Waals surface area contributed by atoms with E-state index in [9.17, 15) is 0 Å². The van der Waals surface area contributed by atoms with Crippen molar-refractivity contribution in [2.75, 3.05) is 27.7 Å². The normalized spacial score (nSPS) is 14.9. The molecule has 0 saturated heterocycles. The van der Waals surface area contributed by atoms with E-state index < -0.39 is 0 Å². The van der Waals surface area contributed by atoms with Crippen molar-refractivity contribution in [1.82, 2.24) is 10.2 Å². The highest BCUT2D eigenvalue weighted by Crippen LogP contribution is 2.22. The van der Waals surface area contributed by atoms with Crippen LogP contribution in [-0.2, 0) is 0 Å². The first-order chi connectivity index (χ1) is 8.10. The molecule has 96 valence electrons. The molecule has 17 heavy (non-hydrogen) atoms. The van der Waals surface area contributed by atoms with E-state index in [-0.39, 0.29) is 0 Å². The largest absolute Gasteiger partial charge is 0.318 e. The van der Waals surface area contributed by atoms with E-state index in [0.29, 0.717) is 12.0 Å². The Morgan fingerprint density at radius 3 is 2.06 bits per heavy atom. The quantitative estimate of drug-likeness (QED) is 0.814. The Labute approximate surface area is 106 Å². The predicted octanol–water partition coefficient (Wildman–Crippen LogP) is 3.02. The fraction of sp³-hybridized carbons (Fsp3) is 0.600. The van der Waals surface area contributed by atoms with Gasteiger partial charge in [-0.05, 0) is 44.6 Å². The van der Waals surface area contributed by atoms with Crippen LogP contribution in [0.25, 0.3) is 0 Å². The monoisotopic (exact) mass is 234 g/mol. The minimum atomic E-state index is 0.450. The third-order valence-corrected chi connectivity index (χ3v) is 3.52. The van der Waals surface area contributed by atoms with E-state index in [1.54, 1.807) is 0 Å². The van der Waals surface area contributed by atoms with Crippen molar-refractivity contribution in [2.24, 2.45) is 0 Å². The number of benzene rings is 1. The molecule has 1 aromatic rings. The highest BCUT2D eigenvalue weighted by atomic mass is 15.1. The van der Waals surface area contributed by atoms with E-state index in [0.717, 1.165) is 6.54 Å². The highest BCUT2D eigenvalue weighted by Gasteiger charge is 2.13. The molecule has 2 nitrogen and oxygen atoms in total. The molecule has 1 N–H and O–H groups in total. The molecule has 0 aromatic heterocycles.